The quantitative estimate of drug-likeness (QED) is 0.754. The molecule has 2 heterocycles. The first-order valence-electron chi connectivity index (χ1n) is 6.41. The molecule has 0 spiro atoms. The first kappa shape index (κ1) is 13.5. The van der Waals surface area contributed by atoms with Crippen LogP contribution in [0.3, 0.4) is 0 Å². The summed E-state index contributed by atoms with van der Waals surface area (Å²) in [6, 6.07) is 11.0. The topological polar surface area (TPSA) is 113 Å². The van der Waals surface area contributed by atoms with E-state index in [1.54, 1.807) is 31.2 Å². The molecule has 1 aromatic carbocycles. The number of benzene rings is 1. The van der Waals surface area contributed by atoms with E-state index in [1.807, 2.05) is 6.07 Å². The molecule has 3 aromatic rings. The van der Waals surface area contributed by atoms with Gasteiger partial charge in [-0.15, -0.1) is 5.10 Å². The van der Waals surface area contributed by atoms with Crippen LogP contribution in [0.5, 0.6) is 0 Å². The van der Waals surface area contributed by atoms with Gasteiger partial charge < -0.3 is 15.2 Å². The normalized spacial score (nSPS) is 10.0. The van der Waals surface area contributed by atoms with Gasteiger partial charge in [-0.3, -0.25) is 0 Å². The van der Waals surface area contributed by atoms with E-state index in [1.165, 1.54) is 6.20 Å². The third kappa shape index (κ3) is 2.99. The van der Waals surface area contributed by atoms with Crippen LogP contribution in [0.15, 0.2) is 41.1 Å². The molecular weight excluding hydrogens is 282 g/mol. The van der Waals surface area contributed by atoms with Gasteiger partial charge in [0.1, 0.15) is 11.8 Å². The van der Waals surface area contributed by atoms with Crippen LogP contribution in [0.2, 0.25) is 0 Å². The molecule has 2 N–H and O–H groups in total. The Hall–Kier alpha value is -3.47. The minimum Gasteiger partial charge on any atom is -0.360 e. The first-order chi connectivity index (χ1) is 10.7. The minimum atomic E-state index is 0.271. The van der Waals surface area contributed by atoms with Crippen LogP contribution in [0, 0.1) is 18.3 Å². The maximum absolute atomic E-state index is 9.08. The zero-order valence-electron chi connectivity index (χ0n) is 11.6. The van der Waals surface area contributed by atoms with Crippen molar-refractivity contribution in [3.8, 4) is 6.07 Å². The number of rotatable bonds is 4. The van der Waals surface area contributed by atoms with Crippen molar-refractivity contribution >= 4 is 23.3 Å². The Morgan fingerprint density at radius 3 is 2.82 bits per heavy atom. The van der Waals surface area contributed by atoms with Gasteiger partial charge in [0.05, 0.1) is 17.4 Å². The van der Waals surface area contributed by atoms with Gasteiger partial charge in [-0.1, -0.05) is 17.3 Å². The summed E-state index contributed by atoms with van der Waals surface area (Å²) in [5, 5.41) is 26.5. The number of nitrogens with zero attached hydrogens (tertiary/aromatic N) is 5. The molecule has 0 aliphatic heterocycles. The van der Waals surface area contributed by atoms with Crippen molar-refractivity contribution < 1.29 is 4.52 Å². The largest absolute Gasteiger partial charge is 0.360 e. The Bertz CT molecular complexity index is 837. The van der Waals surface area contributed by atoms with Gasteiger partial charge >= 0.3 is 0 Å². The lowest BCUT2D eigenvalue weighted by atomic mass is 10.2. The second-order valence-electron chi connectivity index (χ2n) is 4.40. The highest BCUT2D eigenvalue weighted by Gasteiger charge is 2.06. The summed E-state index contributed by atoms with van der Waals surface area (Å²) in [4.78, 5) is 4.26. The number of nitriles is 1. The number of para-hydroxylation sites is 1. The van der Waals surface area contributed by atoms with E-state index in [4.69, 9.17) is 9.78 Å². The summed E-state index contributed by atoms with van der Waals surface area (Å²) < 4.78 is 4.95. The van der Waals surface area contributed by atoms with Crippen molar-refractivity contribution in [2.24, 2.45) is 0 Å². The lowest BCUT2D eigenvalue weighted by molar-refractivity contribution is 0.400. The number of aromatic nitrogens is 4. The second-order valence-corrected chi connectivity index (χ2v) is 4.40. The average Bonchev–Trinajstić information content (AvgIpc) is 2.93. The Morgan fingerprint density at radius 1 is 1.18 bits per heavy atom. The van der Waals surface area contributed by atoms with Crippen LogP contribution in [0.1, 0.15) is 11.3 Å². The molecule has 0 amide bonds. The molecule has 8 nitrogen and oxygen atoms in total. The second kappa shape index (κ2) is 5.88. The zero-order valence-corrected chi connectivity index (χ0v) is 11.6. The molecule has 108 valence electrons. The minimum absolute atomic E-state index is 0.271. The van der Waals surface area contributed by atoms with E-state index in [2.05, 4.69) is 37.0 Å². The SMILES string of the molecule is Cc1cc(Nc2nncc(Nc3ccccc3C#N)n2)no1. The molecule has 0 saturated heterocycles. The van der Waals surface area contributed by atoms with E-state index in [0.29, 0.717) is 28.6 Å². The lowest BCUT2D eigenvalue weighted by Crippen LogP contribution is -2.03. The Morgan fingerprint density at radius 2 is 2.05 bits per heavy atom. The number of nitrogens with one attached hydrogen (secondary N) is 2. The highest BCUT2D eigenvalue weighted by atomic mass is 16.5. The van der Waals surface area contributed by atoms with Gasteiger partial charge in [-0.05, 0) is 19.1 Å². The number of anilines is 4. The van der Waals surface area contributed by atoms with Crippen LogP contribution in [0.4, 0.5) is 23.3 Å². The maximum Gasteiger partial charge on any atom is 0.250 e. The lowest BCUT2D eigenvalue weighted by Gasteiger charge is -2.07. The third-order valence-corrected chi connectivity index (χ3v) is 2.74. The molecule has 0 bridgehead atoms. The van der Waals surface area contributed by atoms with Gasteiger partial charge in [-0.2, -0.15) is 15.3 Å². The van der Waals surface area contributed by atoms with Crippen molar-refractivity contribution in [1.29, 1.82) is 5.26 Å². The van der Waals surface area contributed by atoms with Gasteiger partial charge in [0.25, 0.3) is 0 Å². The van der Waals surface area contributed by atoms with E-state index in [0.717, 1.165) is 0 Å². The molecule has 0 aliphatic carbocycles. The zero-order chi connectivity index (χ0) is 15.4. The van der Waals surface area contributed by atoms with Crippen molar-refractivity contribution in [2.75, 3.05) is 10.6 Å². The molecule has 0 fully saturated rings. The number of hydrogen-bond donors (Lipinski definition) is 2. The molecule has 22 heavy (non-hydrogen) atoms. The van der Waals surface area contributed by atoms with Gasteiger partial charge in [0.15, 0.2) is 11.6 Å². The molecule has 2 aromatic heterocycles. The fourth-order valence-electron chi connectivity index (χ4n) is 1.78. The summed E-state index contributed by atoms with van der Waals surface area (Å²) in [5.74, 6) is 1.90. The smallest absolute Gasteiger partial charge is 0.250 e. The standard InChI is InChI=1S/C14H11N7O/c1-9-6-12(21-22-9)18-14-19-13(8-16-20-14)17-11-5-3-2-4-10(11)7-15/h2-6,8H,1H3,(H2,17,18,19,20,21). The fraction of sp³-hybridized carbons (Fsp3) is 0.0714. The summed E-state index contributed by atoms with van der Waals surface area (Å²) in [5.41, 5.74) is 1.16. The van der Waals surface area contributed by atoms with Gasteiger partial charge in [0, 0.05) is 6.07 Å². The van der Waals surface area contributed by atoms with Crippen molar-refractivity contribution in [3.63, 3.8) is 0 Å². The molecule has 8 heteroatoms. The van der Waals surface area contributed by atoms with Crippen LogP contribution in [-0.4, -0.2) is 20.3 Å². The van der Waals surface area contributed by atoms with E-state index < -0.39 is 0 Å². The molecule has 3 rings (SSSR count). The maximum atomic E-state index is 9.08. The highest BCUT2D eigenvalue weighted by molar-refractivity contribution is 5.64. The Balaban J connectivity index is 1.81. The van der Waals surface area contributed by atoms with E-state index in [-0.39, 0.29) is 5.95 Å². The fourth-order valence-corrected chi connectivity index (χ4v) is 1.78. The third-order valence-electron chi connectivity index (χ3n) is 2.74. The van der Waals surface area contributed by atoms with E-state index >= 15 is 0 Å². The van der Waals surface area contributed by atoms with E-state index in [9.17, 15) is 0 Å². The molecular formula is C14H11N7O. The first-order valence-corrected chi connectivity index (χ1v) is 6.41. The van der Waals surface area contributed by atoms with Crippen molar-refractivity contribution in [2.45, 2.75) is 6.92 Å². The van der Waals surface area contributed by atoms with Crippen LogP contribution >= 0.6 is 0 Å². The average molecular weight is 293 g/mol. The number of hydrogen-bond acceptors (Lipinski definition) is 8. The van der Waals surface area contributed by atoms with Crippen molar-refractivity contribution in [1.82, 2.24) is 20.3 Å². The molecule has 0 saturated carbocycles. The van der Waals surface area contributed by atoms with Gasteiger partial charge in [0.2, 0.25) is 5.95 Å². The Labute approximate surface area is 125 Å². The summed E-state index contributed by atoms with van der Waals surface area (Å²) in [6.45, 7) is 1.79. The van der Waals surface area contributed by atoms with Crippen LogP contribution in [0.25, 0.3) is 0 Å². The summed E-state index contributed by atoms with van der Waals surface area (Å²) >= 11 is 0. The van der Waals surface area contributed by atoms with Crippen molar-refractivity contribution in [3.05, 3.63) is 47.9 Å². The molecule has 0 unspecified atom stereocenters. The number of aryl methyl sites for hydroxylation is 1. The summed E-state index contributed by atoms with van der Waals surface area (Å²) in [7, 11) is 0. The summed E-state index contributed by atoms with van der Waals surface area (Å²) in [6.07, 6.45) is 1.47. The molecule has 0 aliphatic rings. The highest BCUT2D eigenvalue weighted by Crippen LogP contribution is 2.19. The predicted molar refractivity (Wildman–Crippen MR) is 78.8 cm³/mol. The molecule has 0 atom stereocenters. The Kier molecular flexibility index (Phi) is 3.61. The predicted octanol–water partition coefficient (Wildman–Crippen LogP) is 2.53. The monoisotopic (exact) mass is 293 g/mol. The molecule has 0 radical (unpaired) electrons. The van der Waals surface area contributed by atoms with Crippen LogP contribution < -0.4 is 10.6 Å². The van der Waals surface area contributed by atoms with Crippen LogP contribution in [-0.2, 0) is 0 Å². The van der Waals surface area contributed by atoms with Gasteiger partial charge in [-0.25, -0.2) is 0 Å².